The molecule has 2 heterocycles. The second-order valence-electron chi connectivity index (χ2n) is 6.96. The number of nitriles is 1. The molecule has 1 aromatic rings. The maximum absolute atomic E-state index is 12.7. The van der Waals surface area contributed by atoms with Crippen molar-refractivity contribution in [2.75, 3.05) is 38.1 Å². The number of esters is 1. The quantitative estimate of drug-likeness (QED) is 0.463. The van der Waals surface area contributed by atoms with E-state index < -0.39 is 5.97 Å². The lowest BCUT2D eigenvalue weighted by Crippen LogP contribution is -2.48. The van der Waals surface area contributed by atoms with Gasteiger partial charge in [0.05, 0.1) is 18.0 Å². The van der Waals surface area contributed by atoms with Crippen molar-refractivity contribution < 1.29 is 9.53 Å². The van der Waals surface area contributed by atoms with Gasteiger partial charge in [-0.3, -0.25) is 0 Å². The van der Waals surface area contributed by atoms with Crippen molar-refractivity contribution in [3.8, 4) is 6.07 Å². The third kappa shape index (κ3) is 4.34. The first-order chi connectivity index (χ1) is 13.7. The van der Waals surface area contributed by atoms with Gasteiger partial charge in [0.15, 0.2) is 11.4 Å². The first-order valence-electron chi connectivity index (χ1n) is 9.90. The van der Waals surface area contributed by atoms with E-state index in [2.05, 4.69) is 35.5 Å². The number of aliphatic imine (C=N–C) groups is 1. The van der Waals surface area contributed by atoms with E-state index in [-0.39, 0.29) is 5.57 Å². The molecule has 0 aromatic heterocycles. The van der Waals surface area contributed by atoms with Gasteiger partial charge >= 0.3 is 5.97 Å². The van der Waals surface area contributed by atoms with E-state index in [0.717, 1.165) is 50.4 Å². The van der Waals surface area contributed by atoms with Gasteiger partial charge < -0.3 is 20.3 Å². The van der Waals surface area contributed by atoms with Crippen molar-refractivity contribution in [3.05, 3.63) is 35.5 Å². The van der Waals surface area contributed by atoms with Gasteiger partial charge in [-0.25, -0.2) is 9.79 Å². The van der Waals surface area contributed by atoms with Crippen LogP contribution in [0.2, 0.25) is 0 Å². The fourth-order valence-electron chi connectivity index (χ4n) is 3.31. The molecule has 0 bridgehead atoms. The molecule has 0 radical (unpaired) electrons. The van der Waals surface area contributed by atoms with E-state index >= 15 is 0 Å². The van der Waals surface area contributed by atoms with Crippen LogP contribution in [0.1, 0.15) is 26.7 Å². The van der Waals surface area contributed by atoms with Crippen LogP contribution >= 0.6 is 0 Å². The smallest absolute Gasteiger partial charge is 0.351 e. The summed E-state index contributed by atoms with van der Waals surface area (Å²) < 4.78 is 5.47. The number of hydrogen-bond acceptors (Lipinski definition) is 7. The fraction of sp³-hybridized carbons (Fsp3) is 0.476. The lowest BCUT2D eigenvalue weighted by Gasteiger charge is -2.34. The first-order valence-corrected chi connectivity index (χ1v) is 9.90. The standard InChI is InChI=1S/C21H27N5O2/c1-3-15(4-2)14-28-21(27)16(13-22)19-20(26-11-9-23-10-12-26)25-18-8-6-5-7-17(18)24-19/h5-8,15,23-24H,3-4,9-12,14H2,1-2H3. The van der Waals surface area contributed by atoms with Crippen molar-refractivity contribution in [2.45, 2.75) is 26.7 Å². The summed E-state index contributed by atoms with van der Waals surface area (Å²) in [5, 5.41) is 16.3. The lowest BCUT2D eigenvalue weighted by atomic mass is 10.1. The van der Waals surface area contributed by atoms with Crippen molar-refractivity contribution in [2.24, 2.45) is 10.9 Å². The molecule has 0 saturated carbocycles. The molecule has 2 N–H and O–H groups in total. The molecule has 148 valence electrons. The average molecular weight is 381 g/mol. The Morgan fingerprint density at radius 3 is 2.68 bits per heavy atom. The molecular weight excluding hydrogens is 354 g/mol. The molecule has 7 heteroatoms. The molecule has 3 rings (SSSR count). The third-order valence-electron chi connectivity index (χ3n) is 5.20. The Kier molecular flexibility index (Phi) is 6.66. The summed E-state index contributed by atoms with van der Waals surface area (Å²) in [6.07, 6.45) is 1.86. The molecule has 28 heavy (non-hydrogen) atoms. The number of nitrogens with zero attached hydrogens (tertiary/aromatic N) is 3. The van der Waals surface area contributed by atoms with Crippen LogP contribution in [0.5, 0.6) is 0 Å². The van der Waals surface area contributed by atoms with Gasteiger partial charge in [-0.2, -0.15) is 5.26 Å². The molecule has 0 amide bonds. The van der Waals surface area contributed by atoms with Gasteiger partial charge in [0, 0.05) is 26.2 Å². The number of fused-ring (bicyclic) bond motifs is 1. The number of para-hydroxylation sites is 2. The molecule has 2 aliphatic rings. The Balaban J connectivity index is 1.95. The van der Waals surface area contributed by atoms with Crippen molar-refractivity contribution >= 4 is 23.2 Å². The number of benzene rings is 1. The molecule has 7 nitrogen and oxygen atoms in total. The summed E-state index contributed by atoms with van der Waals surface area (Å²) in [7, 11) is 0. The van der Waals surface area contributed by atoms with Gasteiger partial charge in [-0.1, -0.05) is 38.8 Å². The van der Waals surface area contributed by atoms with E-state index in [1.807, 2.05) is 24.3 Å². The molecular formula is C21H27N5O2. The van der Waals surface area contributed by atoms with Crippen LogP contribution < -0.4 is 10.6 Å². The zero-order valence-electron chi connectivity index (χ0n) is 16.5. The number of piperazine rings is 1. The average Bonchev–Trinajstić information content (AvgIpc) is 2.75. The number of anilines is 1. The van der Waals surface area contributed by atoms with Gasteiger partial charge in [-0.05, 0) is 18.1 Å². The Labute approximate surface area is 166 Å². The molecule has 2 aliphatic heterocycles. The normalized spacial score (nSPS) is 17.9. The maximum Gasteiger partial charge on any atom is 0.351 e. The number of amidine groups is 1. The number of rotatable bonds is 5. The minimum Gasteiger partial charge on any atom is -0.461 e. The zero-order valence-corrected chi connectivity index (χ0v) is 16.5. The summed E-state index contributed by atoms with van der Waals surface area (Å²) >= 11 is 0. The van der Waals surface area contributed by atoms with Crippen molar-refractivity contribution in [1.82, 2.24) is 10.2 Å². The molecule has 0 aliphatic carbocycles. The second kappa shape index (κ2) is 9.38. The van der Waals surface area contributed by atoms with E-state index in [1.165, 1.54) is 0 Å². The van der Waals surface area contributed by atoms with Gasteiger partial charge in [-0.15, -0.1) is 0 Å². The minimum atomic E-state index is -0.598. The lowest BCUT2D eigenvalue weighted by molar-refractivity contribution is -0.140. The van der Waals surface area contributed by atoms with Crippen LogP contribution in [0.25, 0.3) is 0 Å². The van der Waals surface area contributed by atoms with Crippen LogP contribution in [0.4, 0.5) is 11.4 Å². The zero-order chi connectivity index (χ0) is 19.9. The molecule has 0 spiro atoms. The van der Waals surface area contributed by atoms with Crippen LogP contribution in [-0.2, 0) is 9.53 Å². The third-order valence-corrected chi connectivity index (χ3v) is 5.20. The summed E-state index contributed by atoms with van der Waals surface area (Å²) in [6.45, 7) is 7.63. The van der Waals surface area contributed by atoms with Crippen LogP contribution in [0.3, 0.4) is 0 Å². The molecule has 0 atom stereocenters. The van der Waals surface area contributed by atoms with Gasteiger partial charge in [0.1, 0.15) is 11.8 Å². The Bertz CT molecular complexity index is 814. The first kappa shape index (κ1) is 19.9. The van der Waals surface area contributed by atoms with E-state index in [0.29, 0.717) is 24.1 Å². The monoisotopic (exact) mass is 381 g/mol. The van der Waals surface area contributed by atoms with Crippen LogP contribution in [-0.4, -0.2) is 49.5 Å². The highest BCUT2D eigenvalue weighted by Crippen LogP contribution is 2.32. The molecule has 1 aromatic carbocycles. The number of nitrogens with one attached hydrogen (secondary N) is 2. The second-order valence-corrected chi connectivity index (χ2v) is 6.96. The SMILES string of the molecule is CCC(CC)COC(=O)C(C#N)=C1Nc2ccccc2N=C1N1CCNCC1. The summed E-state index contributed by atoms with van der Waals surface area (Å²) in [4.78, 5) is 19.6. The van der Waals surface area contributed by atoms with Crippen molar-refractivity contribution in [1.29, 1.82) is 5.26 Å². The number of carbonyl (C=O) groups is 1. The summed E-state index contributed by atoms with van der Waals surface area (Å²) in [5.41, 5.74) is 1.97. The number of carbonyl (C=O) groups excluding carboxylic acids is 1. The molecule has 0 unspecified atom stereocenters. The van der Waals surface area contributed by atoms with Gasteiger partial charge in [0.2, 0.25) is 0 Å². The van der Waals surface area contributed by atoms with Crippen LogP contribution in [0, 0.1) is 17.2 Å². The van der Waals surface area contributed by atoms with E-state index in [9.17, 15) is 10.1 Å². The molecule has 1 fully saturated rings. The highest BCUT2D eigenvalue weighted by atomic mass is 16.5. The van der Waals surface area contributed by atoms with Crippen molar-refractivity contribution in [3.63, 3.8) is 0 Å². The number of hydrogen-bond donors (Lipinski definition) is 2. The Morgan fingerprint density at radius 2 is 2.00 bits per heavy atom. The summed E-state index contributed by atoms with van der Waals surface area (Å²) in [6, 6.07) is 9.67. The van der Waals surface area contributed by atoms with E-state index in [4.69, 9.17) is 9.73 Å². The fourth-order valence-corrected chi connectivity index (χ4v) is 3.31. The highest BCUT2D eigenvalue weighted by molar-refractivity contribution is 6.12. The summed E-state index contributed by atoms with van der Waals surface area (Å²) in [5.74, 6) is 0.325. The predicted molar refractivity (Wildman–Crippen MR) is 109 cm³/mol. The Hall–Kier alpha value is -2.85. The number of ether oxygens (including phenoxy) is 1. The largest absolute Gasteiger partial charge is 0.461 e. The predicted octanol–water partition coefficient (Wildman–Crippen LogP) is 2.80. The van der Waals surface area contributed by atoms with Crippen LogP contribution in [0.15, 0.2) is 40.5 Å². The Morgan fingerprint density at radius 1 is 1.29 bits per heavy atom. The van der Waals surface area contributed by atoms with Gasteiger partial charge in [0.25, 0.3) is 0 Å². The topological polar surface area (TPSA) is 89.8 Å². The minimum absolute atomic E-state index is 0.0299. The maximum atomic E-state index is 12.7. The highest BCUT2D eigenvalue weighted by Gasteiger charge is 2.29. The van der Waals surface area contributed by atoms with E-state index in [1.54, 1.807) is 0 Å². The molecule has 1 saturated heterocycles.